The summed E-state index contributed by atoms with van der Waals surface area (Å²) in [7, 11) is -3.04. The van der Waals surface area contributed by atoms with Gasteiger partial charge in [0.1, 0.15) is 0 Å². The quantitative estimate of drug-likeness (QED) is 0.554. The van der Waals surface area contributed by atoms with Crippen molar-refractivity contribution in [1.82, 2.24) is 0 Å². The standard InChI is InChI=1S/C23H29O2P/c1-17-14-18(2)22(19(3)15-17)23(24)26(25,21-12-8-5-9-13-21)16-20-10-6-4-7-11-20/h4,6-7,10-11,14-15,21H,5,8-9,12-13,16H2,1-3H3. The molecule has 0 amide bonds. The minimum absolute atomic E-state index is 0.0315. The summed E-state index contributed by atoms with van der Waals surface area (Å²) >= 11 is 0. The summed E-state index contributed by atoms with van der Waals surface area (Å²) in [5.41, 5.74) is 4.70. The summed E-state index contributed by atoms with van der Waals surface area (Å²) in [5, 5.41) is 0. The lowest BCUT2D eigenvalue weighted by Gasteiger charge is -2.30. The van der Waals surface area contributed by atoms with Crippen LogP contribution in [0.15, 0.2) is 42.5 Å². The van der Waals surface area contributed by atoms with Gasteiger partial charge >= 0.3 is 0 Å². The Hall–Kier alpha value is -1.66. The van der Waals surface area contributed by atoms with Crippen LogP contribution in [0.2, 0.25) is 0 Å². The van der Waals surface area contributed by atoms with Crippen LogP contribution < -0.4 is 0 Å². The molecular formula is C23H29O2P. The van der Waals surface area contributed by atoms with Gasteiger partial charge in [-0.1, -0.05) is 67.3 Å². The molecule has 0 bridgehead atoms. The molecule has 2 aromatic rings. The third-order valence-corrected chi connectivity index (χ3v) is 9.10. The SMILES string of the molecule is Cc1cc(C)c(C(=O)P(=O)(Cc2ccccc2)C2CCCCC2)c(C)c1. The second-order valence-corrected chi connectivity index (χ2v) is 10.9. The molecule has 2 nitrogen and oxygen atoms in total. The highest BCUT2D eigenvalue weighted by molar-refractivity contribution is 7.81. The first-order chi connectivity index (χ1) is 12.4. The average Bonchev–Trinajstić information content (AvgIpc) is 2.62. The fourth-order valence-corrected chi connectivity index (χ4v) is 7.84. The largest absolute Gasteiger partial charge is 0.315 e. The van der Waals surface area contributed by atoms with Crippen LogP contribution >= 0.6 is 7.14 Å². The maximum atomic E-state index is 14.3. The number of carbonyl (C=O) groups excluding carboxylic acids is 1. The van der Waals surface area contributed by atoms with Crippen molar-refractivity contribution < 1.29 is 9.36 Å². The Kier molecular flexibility index (Phi) is 5.82. The fraction of sp³-hybridized carbons (Fsp3) is 0.435. The minimum atomic E-state index is -3.04. The van der Waals surface area contributed by atoms with Crippen LogP contribution in [0.3, 0.4) is 0 Å². The third kappa shape index (κ3) is 3.86. The Morgan fingerprint density at radius 3 is 2.12 bits per heavy atom. The van der Waals surface area contributed by atoms with Gasteiger partial charge in [-0.05, 0) is 50.3 Å². The molecule has 1 unspecified atom stereocenters. The molecule has 1 aliphatic carbocycles. The minimum Gasteiger partial charge on any atom is -0.315 e. The van der Waals surface area contributed by atoms with E-state index in [2.05, 4.69) is 0 Å². The molecule has 0 spiro atoms. The van der Waals surface area contributed by atoms with E-state index in [-0.39, 0.29) is 11.2 Å². The molecule has 138 valence electrons. The highest BCUT2D eigenvalue weighted by atomic mass is 31.2. The summed E-state index contributed by atoms with van der Waals surface area (Å²) in [5.74, 6) is 0. The second kappa shape index (κ2) is 7.92. The molecule has 0 radical (unpaired) electrons. The lowest BCUT2D eigenvalue weighted by atomic mass is 10.0. The fourth-order valence-electron chi connectivity index (χ4n) is 4.43. The van der Waals surface area contributed by atoms with E-state index in [4.69, 9.17) is 0 Å². The molecule has 26 heavy (non-hydrogen) atoms. The summed E-state index contributed by atoms with van der Waals surface area (Å²) in [6.07, 6.45) is 5.59. The van der Waals surface area contributed by atoms with Gasteiger partial charge in [0.25, 0.3) is 0 Å². The monoisotopic (exact) mass is 368 g/mol. The van der Waals surface area contributed by atoms with Gasteiger partial charge in [0.05, 0.1) is 0 Å². The van der Waals surface area contributed by atoms with E-state index in [9.17, 15) is 9.36 Å². The molecular weight excluding hydrogens is 339 g/mol. The van der Waals surface area contributed by atoms with Crippen LogP contribution in [0.1, 0.15) is 64.7 Å². The number of hydrogen-bond donors (Lipinski definition) is 0. The van der Waals surface area contributed by atoms with Gasteiger partial charge in [0.15, 0.2) is 7.14 Å². The third-order valence-electron chi connectivity index (χ3n) is 5.66. The van der Waals surface area contributed by atoms with E-state index in [1.165, 1.54) is 6.42 Å². The van der Waals surface area contributed by atoms with Gasteiger partial charge < -0.3 is 4.57 Å². The Morgan fingerprint density at radius 1 is 0.962 bits per heavy atom. The van der Waals surface area contributed by atoms with E-state index >= 15 is 0 Å². The van der Waals surface area contributed by atoms with E-state index in [1.807, 2.05) is 63.2 Å². The first-order valence-corrected chi connectivity index (χ1v) is 11.6. The zero-order valence-corrected chi connectivity index (χ0v) is 17.0. The molecule has 0 heterocycles. The molecule has 2 aromatic carbocycles. The number of rotatable bonds is 5. The molecule has 3 heteroatoms. The van der Waals surface area contributed by atoms with Crippen molar-refractivity contribution in [2.24, 2.45) is 0 Å². The lowest BCUT2D eigenvalue weighted by molar-refractivity contribution is 0.107. The van der Waals surface area contributed by atoms with Crippen molar-refractivity contribution >= 4 is 12.7 Å². The molecule has 0 aromatic heterocycles. The van der Waals surface area contributed by atoms with Crippen molar-refractivity contribution in [2.75, 3.05) is 0 Å². The van der Waals surface area contributed by atoms with Gasteiger partial charge in [-0.2, -0.15) is 0 Å². The first-order valence-electron chi connectivity index (χ1n) is 9.67. The molecule has 0 N–H and O–H groups in total. The Morgan fingerprint density at radius 2 is 1.54 bits per heavy atom. The van der Waals surface area contributed by atoms with Gasteiger partial charge in [-0.3, -0.25) is 4.79 Å². The summed E-state index contributed by atoms with van der Waals surface area (Å²) in [6.45, 7) is 5.99. The van der Waals surface area contributed by atoms with E-state index < -0.39 is 7.14 Å². The van der Waals surface area contributed by atoms with E-state index in [1.54, 1.807) is 0 Å². The van der Waals surface area contributed by atoms with Crippen molar-refractivity contribution in [3.8, 4) is 0 Å². The van der Waals surface area contributed by atoms with Gasteiger partial charge in [-0.25, -0.2) is 0 Å². The normalized spacial score (nSPS) is 17.7. The Bertz CT molecular complexity index is 810. The van der Waals surface area contributed by atoms with Crippen LogP contribution in [-0.2, 0) is 10.7 Å². The predicted octanol–water partition coefficient (Wildman–Crippen LogP) is 6.65. The van der Waals surface area contributed by atoms with Crippen LogP contribution in [0.5, 0.6) is 0 Å². The van der Waals surface area contributed by atoms with Crippen LogP contribution in [0.25, 0.3) is 0 Å². The maximum Gasteiger partial charge on any atom is 0.222 e. The molecule has 1 fully saturated rings. The second-order valence-electron chi connectivity index (χ2n) is 7.81. The van der Waals surface area contributed by atoms with Crippen molar-refractivity contribution in [3.63, 3.8) is 0 Å². The van der Waals surface area contributed by atoms with E-state index in [0.717, 1.165) is 47.9 Å². The molecule has 1 saturated carbocycles. The number of hydrogen-bond acceptors (Lipinski definition) is 2. The molecule has 3 rings (SSSR count). The maximum absolute atomic E-state index is 14.3. The van der Waals surface area contributed by atoms with Crippen molar-refractivity contribution in [3.05, 3.63) is 70.3 Å². The lowest BCUT2D eigenvalue weighted by Crippen LogP contribution is -2.21. The Balaban J connectivity index is 2.05. The zero-order valence-electron chi connectivity index (χ0n) is 16.1. The smallest absolute Gasteiger partial charge is 0.222 e. The van der Waals surface area contributed by atoms with Gasteiger partial charge in [0.2, 0.25) is 5.52 Å². The highest BCUT2D eigenvalue weighted by Crippen LogP contribution is 2.60. The molecule has 1 atom stereocenters. The molecule has 0 saturated heterocycles. The summed E-state index contributed by atoms with van der Waals surface area (Å²) in [4.78, 5) is 13.7. The van der Waals surface area contributed by atoms with Crippen molar-refractivity contribution in [2.45, 2.75) is 64.7 Å². The average molecular weight is 368 g/mol. The highest BCUT2D eigenvalue weighted by Gasteiger charge is 2.41. The van der Waals surface area contributed by atoms with Gasteiger partial charge in [-0.15, -0.1) is 0 Å². The number of aryl methyl sites for hydroxylation is 3. The number of carbonyl (C=O) groups is 1. The van der Waals surface area contributed by atoms with E-state index in [0.29, 0.717) is 11.7 Å². The number of benzene rings is 2. The van der Waals surface area contributed by atoms with Gasteiger partial charge in [0, 0.05) is 17.4 Å². The first kappa shape index (κ1) is 19.1. The van der Waals surface area contributed by atoms with Crippen LogP contribution in [-0.4, -0.2) is 11.2 Å². The Labute approximate surface area is 157 Å². The van der Waals surface area contributed by atoms with Crippen LogP contribution in [0.4, 0.5) is 0 Å². The molecule has 1 aliphatic rings. The molecule has 0 aliphatic heterocycles. The predicted molar refractivity (Wildman–Crippen MR) is 110 cm³/mol. The van der Waals surface area contributed by atoms with Crippen molar-refractivity contribution in [1.29, 1.82) is 0 Å². The summed E-state index contributed by atoms with van der Waals surface area (Å²) < 4.78 is 14.3. The van der Waals surface area contributed by atoms with Crippen LogP contribution in [0, 0.1) is 20.8 Å². The zero-order chi connectivity index (χ0) is 18.7. The topological polar surface area (TPSA) is 34.1 Å². The summed E-state index contributed by atoms with van der Waals surface area (Å²) in [6, 6.07) is 14.0.